The van der Waals surface area contributed by atoms with Crippen LogP contribution in [0.2, 0.25) is 0 Å². The topological polar surface area (TPSA) is 59.3 Å². The van der Waals surface area contributed by atoms with Crippen molar-refractivity contribution >= 4 is 37.5 Å². The van der Waals surface area contributed by atoms with Gasteiger partial charge in [0, 0.05) is 28.1 Å². The zero-order valence-corrected chi connectivity index (χ0v) is 19.2. The number of fused-ring (bicyclic) bond motifs is 5. The molecule has 0 saturated carbocycles. The Hall–Kier alpha value is -2.79. The zero-order valence-electron chi connectivity index (χ0n) is 18.4. The van der Waals surface area contributed by atoms with Crippen LogP contribution in [0.1, 0.15) is 41.4 Å². The highest BCUT2D eigenvalue weighted by Crippen LogP contribution is 2.41. The van der Waals surface area contributed by atoms with Gasteiger partial charge in [-0.05, 0) is 56.7 Å². The second-order valence-electron chi connectivity index (χ2n) is 9.03. The third-order valence-electron chi connectivity index (χ3n) is 6.42. The second kappa shape index (κ2) is 7.13. The first-order valence-corrected chi connectivity index (χ1v) is 12.3. The fourth-order valence-corrected chi connectivity index (χ4v) is 6.67. The van der Waals surface area contributed by atoms with Gasteiger partial charge in [0.05, 0.1) is 10.6 Å². The van der Waals surface area contributed by atoms with Gasteiger partial charge in [-0.3, -0.25) is 4.72 Å². The first-order valence-electron chi connectivity index (χ1n) is 10.8. The van der Waals surface area contributed by atoms with Gasteiger partial charge in [0.15, 0.2) is 0 Å². The Morgan fingerprint density at radius 1 is 0.968 bits per heavy atom. The summed E-state index contributed by atoms with van der Waals surface area (Å²) in [6.45, 7) is 7.94. The van der Waals surface area contributed by atoms with Crippen molar-refractivity contribution in [2.24, 2.45) is 5.92 Å². The van der Waals surface area contributed by atoms with E-state index in [2.05, 4.69) is 11.6 Å². The molecule has 0 bridgehead atoms. The van der Waals surface area contributed by atoms with Crippen LogP contribution in [0.4, 0.5) is 5.69 Å². The van der Waals surface area contributed by atoms with E-state index in [0.717, 1.165) is 63.5 Å². The minimum absolute atomic E-state index is 0.352. The molecule has 1 N–H and O–H groups in total. The molecule has 0 amide bonds. The number of hydrogen-bond donors (Lipinski definition) is 1. The third-order valence-corrected chi connectivity index (χ3v) is 8.09. The fraction of sp³-hybridized carbons (Fsp3) is 0.308. The van der Waals surface area contributed by atoms with Crippen LogP contribution in [0.25, 0.3) is 21.7 Å². The fourth-order valence-electron chi connectivity index (χ4n) is 5.14. The first kappa shape index (κ1) is 20.1. The van der Waals surface area contributed by atoms with Crippen molar-refractivity contribution in [1.29, 1.82) is 0 Å². The standard InChI is InChI=1S/C26H27NO3S/c1-15-9-10-24-21(13-15)22-14-23(19-7-5-6-8-20(19)25(22)30-24)27-31(28,29)26-17(3)11-16(2)12-18(26)4/h5-8,11-12,14-15,27H,9-10,13H2,1-4H3/t15-/m1/s1. The molecule has 5 rings (SSSR count). The lowest BCUT2D eigenvalue weighted by atomic mass is 9.87. The van der Waals surface area contributed by atoms with E-state index in [0.29, 0.717) is 16.5 Å². The molecule has 4 nitrogen and oxygen atoms in total. The highest BCUT2D eigenvalue weighted by molar-refractivity contribution is 7.92. The van der Waals surface area contributed by atoms with Crippen LogP contribution in [0.5, 0.6) is 0 Å². The molecule has 0 fully saturated rings. The molecule has 1 aliphatic carbocycles. The van der Waals surface area contributed by atoms with Crippen LogP contribution in [-0.2, 0) is 22.9 Å². The number of furan rings is 1. The lowest BCUT2D eigenvalue weighted by molar-refractivity contribution is 0.439. The van der Waals surface area contributed by atoms with E-state index in [9.17, 15) is 8.42 Å². The Labute approximate surface area is 183 Å². The molecule has 0 spiro atoms. The van der Waals surface area contributed by atoms with E-state index in [1.54, 1.807) is 0 Å². The van der Waals surface area contributed by atoms with Crippen LogP contribution in [0.3, 0.4) is 0 Å². The molecule has 31 heavy (non-hydrogen) atoms. The zero-order chi connectivity index (χ0) is 21.9. The molecular weight excluding hydrogens is 406 g/mol. The normalized spacial score (nSPS) is 16.6. The largest absolute Gasteiger partial charge is 0.460 e. The van der Waals surface area contributed by atoms with Gasteiger partial charge in [-0.15, -0.1) is 0 Å². The van der Waals surface area contributed by atoms with Gasteiger partial charge in [0.1, 0.15) is 11.3 Å². The smallest absolute Gasteiger partial charge is 0.262 e. The lowest BCUT2D eigenvalue weighted by Gasteiger charge is -2.17. The SMILES string of the molecule is Cc1cc(C)c(S(=O)(=O)Nc2cc3c4c(oc3c3ccccc23)CC[C@@H](C)C4)c(C)c1. The van der Waals surface area contributed by atoms with Crippen LogP contribution >= 0.6 is 0 Å². The van der Waals surface area contributed by atoms with Gasteiger partial charge in [-0.1, -0.05) is 48.9 Å². The van der Waals surface area contributed by atoms with E-state index < -0.39 is 10.0 Å². The molecule has 0 saturated heterocycles. The second-order valence-corrected chi connectivity index (χ2v) is 10.7. The Morgan fingerprint density at radius 2 is 1.65 bits per heavy atom. The molecule has 0 unspecified atom stereocenters. The van der Waals surface area contributed by atoms with Crippen molar-refractivity contribution in [1.82, 2.24) is 0 Å². The summed E-state index contributed by atoms with van der Waals surface area (Å²) < 4.78 is 36.2. The number of rotatable bonds is 3. The molecule has 1 heterocycles. The Bertz CT molecular complexity index is 1420. The molecule has 3 aromatic carbocycles. The maximum absolute atomic E-state index is 13.5. The van der Waals surface area contributed by atoms with Crippen LogP contribution in [0.15, 0.2) is 51.8 Å². The quantitative estimate of drug-likeness (QED) is 0.405. The Morgan fingerprint density at radius 3 is 2.35 bits per heavy atom. The van der Waals surface area contributed by atoms with E-state index in [1.165, 1.54) is 5.56 Å². The van der Waals surface area contributed by atoms with Crippen molar-refractivity contribution < 1.29 is 12.8 Å². The molecule has 160 valence electrons. The summed E-state index contributed by atoms with van der Waals surface area (Å²) in [7, 11) is -3.75. The maximum Gasteiger partial charge on any atom is 0.262 e. The van der Waals surface area contributed by atoms with Crippen molar-refractivity contribution in [2.75, 3.05) is 4.72 Å². The number of anilines is 1. The molecule has 0 aliphatic heterocycles. The van der Waals surface area contributed by atoms with Crippen molar-refractivity contribution in [3.8, 4) is 0 Å². The Kier molecular flexibility index (Phi) is 4.63. The minimum atomic E-state index is -3.75. The molecule has 5 heteroatoms. The Balaban J connectivity index is 1.72. The van der Waals surface area contributed by atoms with Crippen LogP contribution < -0.4 is 4.72 Å². The van der Waals surface area contributed by atoms with Gasteiger partial charge < -0.3 is 4.42 Å². The number of nitrogens with one attached hydrogen (secondary N) is 1. The highest BCUT2D eigenvalue weighted by Gasteiger charge is 2.26. The van der Waals surface area contributed by atoms with Crippen molar-refractivity contribution in [2.45, 2.75) is 51.9 Å². The summed E-state index contributed by atoms with van der Waals surface area (Å²) in [5.41, 5.74) is 5.25. The average Bonchev–Trinajstić information content (AvgIpc) is 3.05. The number of benzene rings is 3. The third kappa shape index (κ3) is 3.32. The summed E-state index contributed by atoms with van der Waals surface area (Å²) in [5, 5.41) is 2.81. The van der Waals surface area contributed by atoms with Gasteiger partial charge in [0.2, 0.25) is 0 Å². The van der Waals surface area contributed by atoms with Gasteiger partial charge in [0.25, 0.3) is 10.0 Å². The van der Waals surface area contributed by atoms with E-state index in [-0.39, 0.29) is 0 Å². The summed E-state index contributed by atoms with van der Waals surface area (Å²) in [6, 6.07) is 13.7. The van der Waals surface area contributed by atoms with Crippen molar-refractivity contribution in [3.63, 3.8) is 0 Å². The number of sulfonamides is 1. The predicted octanol–water partition coefficient (Wildman–Crippen LogP) is 6.44. The molecule has 0 radical (unpaired) electrons. The first-order chi connectivity index (χ1) is 14.7. The monoisotopic (exact) mass is 433 g/mol. The van der Waals surface area contributed by atoms with Gasteiger partial charge >= 0.3 is 0 Å². The maximum atomic E-state index is 13.5. The van der Waals surface area contributed by atoms with E-state index in [4.69, 9.17) is 4.42 Å². The predicted molar refractivity (Wildman–Crippen MR) is 126 cm³/mol. The minimum Gasteiger partial charge on any atom is -0.460 e. The van der Waals surface area contributed by atoms with E-state index >= 15 is 0 Å². The van der Waals surface area contributed by atoms with Gasteiger partial charge in [-0.25, -0.2) is 8.42 Å². The highest BCUT2D eigenvalue weighted by atomic mass is 32.2. The van der Waals surface area contributed by atoms with Crippen LogP contribution in [-0.4, -0.2) is 8.42 Å². The number of hydrogen-bond acceptors (Lipinski definition) is 3. The molecule has 4 aromatic rings. The molecular formula is C26H27NO3S. The van der Waals surface area contributed by atoms with Crippen LogP contribution in [0, 0.1) is 26.7 Å². The summed E-state index contributed by atoms with van der Waals surface area (Å²) in [6.07, 6.45) is 3.02. The van der Waals surface area contributed by atoms with Crippen molar-refractivity contribution in [3.05, 3.63) is 70.5 Å². The lowest BCUT2D eigenvalue weighted by Crippen LogP contribution is -2.16. The average molecular weight is 434 g/mol. The molecule has 1 aromatic heterocycles. The summed E-state index contributed by atoms with van der Waals surface area (Å²) >= 11 is 0. The van der Waals surface area contributed by atoms with E-state index in [1.807, 2.05) is 63.2 Å². The summed E-state index contributed by atoms with van der Waals surface area (Å²) in [4.78, 5) is 0.352. The molecule has 1 atom stereocenters. The molecule has 1 aliphatic rings. The number of aryl methyl sites for hydroxylation is 4. The van der Waals surface area contributed by atoms with Gasteiger partial charge in [-0.2, -0.15) is 0 Å². The summed E-state index contributed by atoms with van der Waals surface area (Å²) in [5.74, 6) is 1.64.